The van der Waals surface area contributed by atoms with Crippen LogP contribution in [0.3, 0.4) is 0 Å². The van der Waals surface area contributed by atoms with E-state index in [1.54, 1.807) is 45.3 Å². The van der Waals surface area contributed by atoms with Gasteiger partial charge in [-0.3, -0.25) is 4.79 Å². The summed E-state index contributed by atoms with van der Waals surface area (Å²) < 4.78 is 34.8. The molecule has 0 aliphatic carbocycles. The van der Waals surface area contributed by atoms with Crippen LogP contribution >= 0.6 is 0 Å². The Labute approximate surface area is 187 Å². The Hall–Kier alpha value is -4.52. The van der Waals surface area contributed by atoms with Gasteiger partial charge in [0.1, 0.15) is 12.4 Å². The highest BCUT2D eigenvalue weighted by Gasteiger charge is 2.20. The van der Waals surface area contributed by atoms with E-state index in [-0.39, 0.29) is 34.1 Å². The van der Waals surface area contributed by atoms with Crippen molar-refractivity contribution in [1.29, 1.82) is 5.26 Å². The maximum absolute atomic E-state index is 14.9. The molecule has 0 unspecified atom stereocenters. The first-order valence-corrected chi connectivity index (χ1v) is 9.77. The van der Waals surface area contributed by atoms with E-state index in [9.17, 15) is 18.8 Å². The van der Waals surface area contributed by atoms with Crippen molar-refractivity contribution in [3.63, 3.8) is 0 Å². The second-order valence-electron chi connectivity index (χ2n) is 7.43. The number of anilines is 2. The second-order valence-corrected chi connectivity index (χ2v) is 7.43. The van der Waals surface area contributed by atoms with Gasteiger partial charge in [0, 0.05) is 42.5 Å². The molecule has 2 aromatic carbocycles. The number of carbonyl (C=O) groups excluding carboxylic acids is 1. The second kappa shape index (κ2) is 8.55. The summed E-state index contributed by atoms with van der Waals surface area (Å²) in [4.78, 5) is 24.2. The number of aromatic nitrogens is 3. The first-order valence-electron chi connectivity index (χ1n) is 9.77. The first-order chi connectivity index (χ1) is 15.8. The summed E-state index contributed by atoms with van der Waals surface area (Å²) in [6, 6.07) is 10.8. The van der Waals surface area contributed by atoms with Gasteiger partial charge < -0.3 is 19.9 Å². The molecule has 10 heteroatoms. The molecule has 2 heterocycles. The van der Waals surface area contributed by atoms with Crippen LogP contribution in [0.4, 0.5) is 20.3 Å². The van der Waals surface area contributed by atoms with E-state index in [1.807, 2.05) is 6.07 Å². The molecular weight excluding hydrogens is 430 g/mol. The molecule has 33 heavy (non-hydrogen) atoms. The van der Waals surface area contributed by atoms with E-state index in [0.29, 0.717) is 16.9 Å². The maximum Gasteiger partial charge on any atom is 0.253 e. The lowest BCUT2D eigenvalue weighted by Gasteiger charge is -2.13. The third-order valence-electron chi connectivity index (χ3n) is 4.83. The average molecular weight is 448 g/mol. The average Bonchev–Trinajstić information content (AvgIpc) is 3.20. The van der Waals surface area contributed by atoms with Crippen molar-refractivity contribution in [3.05, 3.63) is 71.2 Å². The van der Waals surface area contributed by atoms with E-state index in [4.69, 9.17) is 4.74 Å². The number of nitrogens with zero attached hydrogens (tertiary/aromatic N) is 4. The van der Waals surface area contributed by atoms with Gasteiger partial charge in [0.15, 0.2) is 28.8 Å². The number of fused-ring (bicyclic) bond motifs is 1. The third kappa shape index (κ3) is 4.16. The van der Waals surface area contributed by atoms with Gasteiger partial charge in [0.25, 0.3) is 5.91 Å². The fourth-order valence-electron chi connectivity index (χ4n) is 3.25. The Balaban J connectivity index is 1.65. The van der Waals surface area contributed by atoms with Crippen molar-refractivity contribution in [2.24, 2.45) is 0 Å². The number of amides is 1. The van der Waals surface area contributed by atoms with Crippen LogP contribution in [0.25, 0.3) is 10.9 Å². The summed E-state index contributed by atoms with van der Waals surface area (Å²) in [6.07, 6.45) is 1.13. The minimum Gasteiger partial charge on any atom is -0.434 e. The first kappa shape index (κ1) is 21.7. The Morgan fingerprint density at radius 2 is 1.91 bits per heavy atom. The minimum atomic E-state index is -0.783. The van der Waals surface area contributed by atoms with E-state index in [2.05, 4.69) is 20.3 Å². The molecule has 4 aromatic rings. The van der Waals surface area contributed by atoms with Crippen molar-refractivity contribution in [2.75, 3.05) is 19.4 Å². The largest absolute Gasteiger partial charge is 0.434 e. The van der Waals surface area contributed by atoms with Crippen molar-refractivity contribution in [1.82, 2.24) is 19.9 Å². The molecule has 0 fully saturated rings. The van der Waals surface area contributed by atoms with Gasteiger partial charge >= 0.3 is 0 Å². The Morgan fingerprint density at radius 3 is 2.58 bits per heavy atom. The van der Waals surface area contributed by atoms with Crippen LogP contribution in [0.2, 0.25) is 0 Å². The van der Waals surface area contributed by atoms with Crippen LogP contribution in [-0.4, -0.2) is 39.9 Å². The molecule has 0 saturated heterocycles. The molecule has 8 nitrogen and oxygen atoms in total. The molecule has 2 aromatic heterocycles. The fraction of sp³-hybridized carbons (Fsp3) is 0.130. The standard InChI is InChI=1S/C23H18F2N6O2/c1-12-8-15-19(25)18(9-17(24)20(15)29-12)33-22-16(10-26)21(27-11-28-22)30-14-6-4-13(5-7-14)23(32)31(2)3/h4-9,11,29H,1-3H3,(H,27,28,30). The van der Waals surface area contributed by atoms with E-state index in [0.717, 1.165) is 12.4 Å². The van der Waals surface area contributed by atoms with Crippen LogP contribution in [0, 0.1) is 29.9 Å². The summed E-state index contributed by atoms with van der Waals surface area (Å²) in [6.45, 7) is 1.68. The Bertz CT molecular complexity index is 1410. The normalized spacial score (nSPS) is 10.7. The summed E-state index contributed by atoms with van der Waals surface area (Å²) in [5, 5.41) is 12.6. The number of benzene rings is 2. The molecule has 0 atom stereocenters. The zero-order valence-electron chi connectivity index (χ0n) is 17.9. The van der Waals surface area contributed by atoms with Gasteiger partial charge in [-0.15, -0.1) is 0 Å². The highest BCUT2D eigenvalue weighted by atomic mass is 19.1. The summed E-state index contributed by atoms with van der Waals surface area (Å²) in [5.74, 6) is -2.18. The lowest BCUT2D eigenvalue weighted by Crippen LogP contribution is -2.21. The molecule has 0 aliphatic rings. The van der Waals surface area contributed by atoms with Gasteiger partial charge in [-0.1, -0.05) is 0 Å². The molecule has 0 spiro atoms. The number of hydrogen-bond donors (Lipinski definition) is 2. The van der Waals surface area contributed by atoms with Gasteiger partial charge in [0.05, 0.1) is 5.52 Å². The quantitative estimate of drug-likeness (QED) is 0.460. The number of rotatable bonds is 5. The zero-order valence-corrected chi connectivity index (χ0v) is 17.9. The molecule has 1 amide bonds. The molecular formula is C23H18F2N6O2. The van der Waals surface area contributed by atoms with Gasteiger partial charge in [-0.2, -0.15) is 5.26 Å². The minimum absolute atomic E-state index is 0.0269. The highest BCUT2D eigenvalue weighted by molar-refractivity contribution is 5.94. The number of hydrogen-bond acceptors (Lipinski definition) is 6. The molecule has 0 bridgehead atoms. The van der Waals surface area contributed by atoms with Crippen molar-refractivity contribution in [2.45, 2.75) is 6.92 Å². The zero-order chi connectivity index (χ0) is 23.7. The number of aromatic amines is 1. The topological polar surface area (TPSA) is 107 Å². The number of ether oxygens (including phenoxy) is 1. The number of aryl methyl sites for hydroxylation is 1. The predicted octanol–water partition coefficient (Wildman–Crippen LogP) is 4.65. The fourth-order valence-corrected chi connectivity index (χ4v) is 3.25. The van der Waals surface area contributed by atoms with Crippen molar-refractivity contribution in [3.8, 4) is 17.7 Å². The van der Waals surface area contributed by atoms with E-state index in [1.165, 1.54) is 11.0 Å². The van der Waals surface area contributed by atoms with Gasteiger partial charge in [-0.05, 0) is 37.3 Å². The van der Waals surface area contributed by atoms with E-state index < -0.39 is 17.4 Å². The SMILES string of the molecule is Cc1cc2c(F)c(Oc3ncnc(Nc4ccc(C(=O)N(C)C)cc4)c3C#N)cc(F)c2[nH]1. The van der Waals surface area contributed by atoms with Crippen molar-refractivity contribution >= 4 is 28.3 Å². The molecule has 0 radical (unpaired) electrons. The lowest BCUT2D eigenvalue weighted by molar-refractivity contribution is 0.0827. The van der Waals surface area contributed by atoms with Crippen LogP contribution in [0.15, 0.2) is 42.7 Å². The number of halogens is 2. The van der Waals surface area contributed by atoms with Crippen LogP contribution < -0.4 is 10.1 Å². The number of nitrogens with one attached hydrogen (secondary N) is 2. The number of nitriles is 1. The molecule has 0 saturated carbocycles. The van der Waals surface area contributed by atoms with Gasteiger partial charge in [-0.25, -0.2) is 18.7 Å². The Kier molecular flexibility index (Phi) is 5.62. The van der Waals surface area contributed by atoms with Crippen LogP contribution in [0.5, 0.6) is 11.6 Å². The number of carbonyl (C=O) groups is 1. The van der Waals surface area contributed by atoms with Crippen LogP contribution in [0.1, 0.15) is 21.6 Å². The van der Waals surface area contributed by atoms with Crippen LogP contribution in [-0.2, 0) is 0 Å². The summed E-state index contributed by atoms with van der Waals surface area (Å²) >= 11 is 0. The lowest BCUT2D eigenvalue weighted by atomic mass is 10.2. The third-order valence-corrected chi connectivity index (χ3v) is 4.83. The Morgan fingerprint density at radius 1 is 1.18 bits per heavy atom. The molecule has 0 aliphatic heterocycles. The molecule has 4 rings (SSSR count). The summed E-state index contributed by atoms with van der Waals surface area (Å²) in [5.41, 5.74) is 1.55. The molecule has 2 N–H and O–H groups in total. The van der Waals surface area contributed by atoms with Crippen molar-refractivity contribution < 1.29 is 18.3 Å². The predicted molar refractivity (Wildman–Crippen MR) is 118 cm³/mol. The molecule has 166 valence electrons. The number of H-pyrrole nitrogens is 1. The maximum atomic E-state index is 14.9. The monoisotopic (exact) mass is 448 g/mol. The van der Waals surface area contributed by atoms with Gasteiger partial charge in [0.2, 0.25) is 5.88 Å². The van der Waals surface area contributed by atoms with E-state index >= 15 is 0 Å². The summed E-state index contributed by atoms with van der Waals surface area (Å²) in [7, 11) is 3.31. The highest BCUT2D eigenvalue weighted by Crippen LogP contribution is 2.34. The smallest absolute Gasteiger partial charge is 0.253 e.